The van der Waals surface area contributed by atoms with Gasteiger partial charge >= 0.3 is 0 Å². The molecule has 0 unspecified atom stereocenters. The average Bonchev–Trinajstić information content (AvgIpc) is 2.86. The number of ether oxygens (including phenoxy) is 1. The summed E-state index contributed by atoms with van der Waals surface area (Å²) in [6.07, 6.45) is 2.98. The van der Waals surface area contributed by atoms with E-state index in [9.17, 15) is 9.59 Å². The van der Waals surface area contributed by atoms with Gasteiger partial charge in [-0.1, -0.05) is 6.07 Å². The maximum absolute atomic E-state index is 13.3. The molecule has 0 aliphatic carbocycles. The molecule has 2 amide bonds. The lowest BCUT2D eigenvalue weighted by Gasteiger charge is -2.41. The number of methoxy groups -OCH3 is 1. The van der Waals surface area contributed by atoms with Gasteiger partial charge in [-0.25, -0.2) is 0 Å². The Labute approximate surface area is 212 Å². The third-order valence-corrected chi connectivity index (χ3v) is 6.39. The molecule has 2 aromatic rings. The minimum absolute atomic E-state index is 0.00256. The van der Waals surface area contributed by atoms with Crippen LogP contribution in [0.3, 0.4) is 0 Å². The summed E-state index contributed by atoms with van der Waals surface area (Å²) < 4.78 is 5.49. The second-order valence-electron chi connectivity index (χ2n) is 8.84. The number of anilines is 1. The number of allylic oxidation sites excluding steroid dienone is 1. The SMILES string of the molecule is CNC(=O)CN=C/C(=C\N)c1cc(OC)cc([C@@H](C)NC(=O)c2cc(N3CC(NC)C3)ccc2C)c1. The molecule has 1 atom stereocenters. The van der Waals surface area contributed by atoms with Crippen LogP contribution in [0, 0.1) is 6.92 Å². The molecule has 0 saturated carbocycles. The molecule has 0 spiro atoms. The fourth-order valence-electron chi connectivity index (χ4n) is 3.96. The molecular formula is C27H36N6O3. The van der Waals surface area contributed by atoms with Gasteiger partial charge in [-0.15, -0.1) is 0 Å². The van der Waals surface area contributed by atoms with Crippen LogP contribution in [0.4, 0.5) is 5.69 Å². The lowest BCUT2D eigenvalue weighted by molar-refractivity contribution is -0.119. The van der Waals surface area contributed by atoms with Crippen molar-refractivity contribution in [3.05, 3.63) is 64.9 Å². The molecule has 192 valence electrons. The number of aliphatic imine (C=N–C) groups is 1. The van der Waals surface area contributed by atoms with Crippen LogP contribution in [-0.2, 0) is 4.79 Å². The van der Waals surface area contributed by atoms with Crippen LogP contribution >= 0.6 is 0 Å². The number of carbonyl (C=O) groups excluding carboxylic acids is 2. The van der Waals surface area contributed by atoms with E-state index in [4.69, 9.17) is 10.5 Å². The second kappa shape index (κ2) is 12.2. The molecule has 36 heavy (non-hydrogen) atoms. The number of benzene rings is 2. The summed E-state index contributed by atoms with van der Waals surface area (Å²) >= 11 is 0. The summed E-state index contributed by atoms with van der Waals surface area (Å²) in [6, 6.07) is 11.8. The van der Waals surface area contributed by atoms with Gasteiger partial charge in [0.15, 0.2) is 0 Å². The highest BCUT2D eigenvalue weighted by molar-refractivity contribution is 6.10. The van der Waals surface area contributed by atoms with Crippen LogP contribution in [-0.4, -0.2) is 64.9 Å². The molecule has 9 nitrogen and oxygen atoms in total. The van der Waals surface area contributed by atoms with Crippen LogP contribution in [0.1, 0.15) is 40.0 Å². The number of likely N-dealkylation sites (N-methyl/N-ethyl adjacent to an activating group) is 2. The smallest absolute Gasteiger partial charge is 0.252 e. The first-order valence-electron chi connectivity index (χ1n) is 11.9. The van der Waals surface area contributed by atoms with Crippen LogP contribution in [0.5, 0.6) is 5.75 Å². The van der Waals surface area contributed by atoms with Gasteiger partial charge in [0.1, 0.15) is 12.3 Å². The number of carbonyl (C=O) groups is 2. The number of amides is 2. The third kappa shape index (κ3) is 6.42. The van der Waals surface area contributed by atoms with Crippen LogP contribution in [0.25, 0.3) is 5.57 Å². The standard InChI is InChI=1S/C27H36N6O3/c1-17-6-7-23(33-15-22(16-33)29-3)11-25(17)27(35)32-18(2)19-8-20(10-24(9-19)36-5)21(12-28)13-31-14-26(34)30-4/h6-13,18,22,29H,14-16,28H2,1-5H3,(H,30,34)(H,32,35)/b21-12+,31-13?/t18-/m1/s1. The van der Waals surface area contributed by atoms with E-state index in [-0.39, 0.29) is 24.4 Å². The number of hydrogen-bond donors (Lipinski definition) is 4. The van der Waals surface area contributed by atoms with E-state index >= 15 is 0 Å². The zero-order valence-corrected chi connectivity index (χ0v) is 21.6. The Morgan fingerprint density at radius 1 is 1.22 bits per heavy atom. The Hall–Kier alpha value is -3.85. The predicted octanol–water partition coefficient (Wildman–Crippen LogP) is 2.02. The van der Waals surface area contributed by atoms with Crippen LogP contribution in [0.15, 0.2) is 47.6 Å². The first-order valence-corrected chi connectivity index (χ1v) is 11.9. The summed E-state index contributed by atoms with van der Waals surface area (Å²) in [6.45, 7) is 5.71. The molecule has 1 fully saturated rings. The molecule has 5 N–H and O–H groups in total. The predicted molar refractivity (Wildman–Crippen MR) is 145 cm³/mol. The second-order valence-corrected chi connectivity index (χ2v) is 8.84. The van der Waals surface area contributed by atoms with E-state index < -0.39 is 0 Å². The van der Waals surface area contributed by atoms with Gasteiger partial charge in [-0.3, -0.25) is 14.6 Å². The van der Waals surface area contributed by atoms with Gasteiger partial charge in [0.2, 0.25) is 5.91 Å². The average molecular weight is 493 g/mol. The Morgan fingerprint density at radius 2 is 1.97 bits per heavy atom. The minimum Gasteiger partial charge on any atom is -0.497 e. The number of nitrogens with one attached hydrogen (secondary N) is 3. The number of hydrogen-bond acceptors (Lipinski definition) is 7. The van der Waals surface area contributed by atoms with E-state index in [0.29, 0.717) is 22.9 Å². The molecule has 1 heterocycles. The molecule has 0 aromatic heterocycles. The first kappa shape index (κ1) is 26.7. The van der Waals surface area contributed by atoms with Crippen molar-refractivity contribution >= 4 is 29.3 Å². The molecule has 0 radical (unpaired) electrons. The highest BCUT2D eigenvalue weighted by Gasteiger charge is 2.26. The zero-order chi connectivity index (χ0) is 26.2. The number of aryl methyl sites for hydroxylation is 1. The fourth-order valence-corrected chi connectivity index (χ4v) is 3.96. The molecule has 1 saturated heterocycles. The summed E-state index contributed by atoms with van der Waals surface area (Å²) in [5, 5.41) is 8.91. The highest BCUT2D eigenvalue weighted by atomic mass is 16.5. The van der Waals surface area contributed by atoms with Gasteiger partial charge in [0.25, 0.3) is 5.91 Å². The molecule has 0 bridgehead atoms. The van der Waals surface area contributed by atoms with E-state index in [1.54, 1.807) is 20.4 Å². The van der Waals surface area contributed by atoms with E-state index in [1.807, 2.05) is 51.2 Å². The fraction of sp³-hybridized carbons (Fsp3) is 0.370. The van der Waals surface area contributed by atoms with Crippen molar-refractivity contribution in [3.8, 4) is 5.75 Å². The molecule has 9 heteroatoms. The summed E-state index contributed by atoms with van der Waals surface area (Å²) in [4.78, 5) is 31.1. The Kier molecular flexibility index (Phi) is 9.08. The number of rotatable bonds is 10. The van der Waals surface area contributed by atoms with Gasteiger partial charge in [-0.05, 0) is 67.9 Å². The van der Waals surface area contributed by atoms with Crippen molar-refractivity contribution in [1.82, 2.24) is 16.0 Å². The number of nitrogens with two attached hydrogens (primary N) is 1. The van der Waals surface area contributed by atoms with Crippen LogP contribution in [0.2, 0.25) is 0 Å². The molecule has 3 rings (SSSR count). The van der Waals surface area contributed by atoms with Crippen molar-refractivity contribution in [1.29, 1.82) is 0 Å². The van der Waals surface area contributed by atoms with Gasteiger partial charge in [-0.2, -0.15) is 0 Å². The Bertz CT molecular complexity index is 1150. The monoisotopic (exact) mass is 492 g/mol. The molecule has 1 aliphatic heterocycles. The minimum atomic E-state index is -0.297. The molecule has 2 aromatic carbocycles. The highest BCUT2D eigenvalue weighted by Crippen LogP contribution is 2.27. The van der Waals surface area contributed by atoms with Crippen LogP contribution < -0.4 is 31.3 Å². The third-order valence-electron chi connectivity index (χ3n) is 6.39. The summed E-state index contributed by atoms with van der Waals surface area (Å²) in [5.41, 5.74) is 10.7. The van der Waals surface area contributed by atoms with Crippen molar-refractivity contribution in [2.24, 2.45) is 10.7 Å². The Morgan fingerprint density at radius 3 is 2.61 bits per heavy atom. The normalized spacial score (nSPS) is 14.9. The summed E-state index contributed by atoms with van der Waals surface area (Å²) in [5.74, 6) is 0.289. The molecular weight excluding hydrogens is 456 g/mol. The van der Waals surface area contributed by atoms with E-state index in [1.165, 1.54) is 6.20 Å². The number of nitrogens with zero attached hydrogens (tertiary/aromatic N) is 2. The summed E-state index contributed by atoms with van der Waals surface area (Å²) in [7, 11) is 5.11. The largest absolute Gasteiger partial charge is 0.497 e. The Balaban J connectivity index is 1.79. The van der Waals surface area contributed by atoms with Gasteiger partial charge in [0.05, 0.1) is 13.2 Å². The van der Waals surface area contributed by atoms with Gasteiger partial charge < -0.3 is 31.3 Å². The van der Waals surface area contributed by atoms with Crippen molar-refractivity contribution in [3.63, 3.8) is 0 Å². The quantitative estimate of drug-likeness (QED) is 0.377. The van der Waals surface area contributed by atoms with Crippen molar-refractivity contribution < 1.29 is 14.3 Å². The first-order chi connectivity index (χ1) is 17.3. The lowest BCUT2D eigenvalue weighted by atomic mass is 9.99. The lowest BCUT2D eigenvalue weighted by Crippen LogP contribution is -2.57. The van der Waals surface area contributed by atoms with Crippen molar-refractivity contribution in [2.45, 2.75) is 25.9 Å². The topological polar surface area (TPSA) is 121 Å². The van der Waals surface area contributed by atoms with Gasteiger partial charge in [0, 0.05) is 55.4 Å². The van der Waals surface area contributed by atoms with Crippen molar-refractivity contribution in [2.75, 3.05) is 45.7 Å². The maximum Gasteiger partial charge on any atom is 0.252 e. The zero-order valence-electron chi connectivity index (χ0n) is 21.6. The maximum atomic E-state index is 13.3. The van der Waals surface area contributed by atoms with E-state index in [2.05, 4.69) is 31.9 Å². The molecule has 1 aliphatic rings. The van der Waals surface area contributed by atoms with E-state index in [0.717, 1.165) is 35.5 Å².